The first-order chi connectivity index (χ1) is 16.1. The van der Waals surface area contributed by atoms with Crippen LogP contribution in [0.5, 0.6) is 0 Å². The molecule has 0 radical (unpaired) electrons. The average Bonchev–Trinajstić information content (AvgIpc) is 3.55. The van der Waals surface area contributed by atoms with Crippen LogP contribution >= 0.6 is 0 Å². The molecule has 1 aliphatic rings. The fourth-order valence-corrected chi connectivity index (χ4v) is 4.30. The SMILES string of the molecule is Cc1ocnc1CN1Cn2c(c(-c3cc(C)c4ncoc4c3)c(-c3ccccc3)nc2=N)N1. The Morgan fingerprint density at radius 3 is 2.64 bits per heavy atom. The lowest BCUT2D eigenvalue weighted by atomic mass is 9.97. The van der Waals surface area contributed by atoms with Crippen LogP contribution in [0.25, 0.3) is 33.5 Å². The van der Waals surface area contributed by atoms with Gasteiger partial charge in [-0.2, -0.15) is 5.01 Å². The van der Waals surface area contributed by atoms with Gasteiger partial charge >= 0.3 is 0 Å². The van der Waals surface area contributed by atoms with Gasteiger partial charge in [-0.1, -0.05) is 30.3 Å². The zero-order valence-electron chi connectivity index (χ0n) is 18.2. The van der Waals surface area contributed by atoms with E-state index in [2.05, 4.69) is 21.5 Å². The number of hydrogen-bond donors (Lipinski definition) is 2. The summed E-state index contributed by atoms with van der Waals surface area (Å²) in [7, 11) is 0. The van der Waals surface area contributed by atoms with Gasteiger partial charge in [-0.25, -0.2) is 15.0 Å². The van der Waals surface area contributed by atoms with E-state index in [1.54, 1.807) is 0 Å². The number of aryl methyl sites for hydroxylation is 2. The number of fused-ring (bicyclic) bond motifs is 2. The van der Waals surface area contributed by atoms with Gasteiger partial charge in [0.2, 0.25) is 5.62 Å². The van der Waals surface area contributed by atoms with Gasteiger partial charge in [0.25, 0.3) is 0 Å². The predicted molar refractivity (Wildman–Crippen MR) is 122 cm³/mol. The second-order valence-corrected chi connectivity index (χ2v) is 8.10. The van der Waals surface area contributed by atoms with Crippen LogP contribution in [0.15, 0.2) is 64.1 Å². The van der Waals surface area contributed by atoms with Gasteiger partial charge in [-0.05, 0) is 37.1 Å². The Bertz CT molecular complexity index is 1550. The number of anilines is 1. The van der Waals surface area contributed by atoms with Crippen molar-refractivity contribution in [2.75, 3.05) is 5.43 Å². The second kappa shape index (κ2) is 7.42. The van der Waals surface area contributed by atoms with Gasteiger partial charge in [0.15, 0.2) is 18.4 Å². The monoisotopic (exact) mass is 439 g/mol. The first-order valence-corrected chi connectivity index (χ1v) is 10.6. The Kier molecular flexibility index (Phi) is 4.37. The minimum Gasteiger partial charge on any atom is -0.448 e. The predicted octanol–water partition coefficient (Wildman–Crippen LogP) is 4.24. The Labute approximate surface area is 188 Å². The molecule has 0 spiro atoms. The van der Waals surface area contributed by atoms with E-state index in [-0.39, 0.29) is 5.62 Å². The Balaban J connectivity index is 1.55. The summed E-state index contributed by atoms with van der Waals surface area (Å²) in [5.74, 6) is 1.58. The smallest absolute Gasteiger partial charge is 0.225 e. The van der Waals surface area contributed by atoms with Crippen molar-refractivity contribution in [3.63, 3.8) is 0 Å². The topological polar surface area (TPSA) is 109 Å². The van der Waals surface area contributed by atoms with Crippen LogP contribution in [0.1, 0.15) is 17.0 Å². The lowest BCUT2D eigenvalue weighted by Gasteiger charge is -2.16. The summed E-state index contributed by atoms with van der Waals surface area (Å²) in [5.41, 5.74) is 10.6. The number of benzene rings is 2. The first kappa shape index (κ1) is 19.4. The molecule has 0 fully saturated rings. The number of oxazole rings is 2. The number of hydrazine groups is 1. The molecule has 2 aromatic carbocycles. The average molecular weight is 439 g/mol. The van der Waals surface area contributed by atoms with E-state index in [4.69, 9.17) is 19.2 Å². The summed E-state index contributed by atoms with van der Waals surface area (Å²) in [6, 6.07) is 14.0. The van der Waals surface area contributed by atoms with Gasteiger partial charge in [-0.3, -0.25) is 9.98 Å². The van der Waals surface area contributed by atoms with E-state index in [1.807, 2.05) is 59.8 Å². The maximum atomic E-state index is 8.65. The number of hydrogen-bond acceptors (Lipinski definition) is 8. The molecule has 164 valence electrons. The molecule has 0 atom stereocenters. The third-order valence-electron chi connectivity index (χ3n) is 5.94. The van der Waals surface area contributed by atoms with Crippen molar-refractivity contribution in [2.45, 2.75) is 27.1 Å². The fraction of sp³-hybridized carbons (Fsp3) is 0.167. The molecule has 0 bridgehead atoms. The Hall–Kier alpha value is -4.24. The molecule has 0 saturated heterocycles. The molecule has 33 heavy (non-hydrogen) atoms. The van der Waals surface area contributed by atoms with Gasteiger partial charge in [0.05, 0.1) is 30.2 Å². The van der Waals surface area contributed by atoms with E-state index in [0.717, 1.165) is 50.7 Å². The van der Waals surface area contributed by atoms with Crippen molar-refractivity contribution in [1.29, 1.82) is 5.41 Å². The lowest BCUT2D eigenvalue weighted by Crippen LogP contribution is -2.27. The van der Waals surface area contributed by atoms with Crippen LogP contribution in [-0.4, -0.2) is 24.5 Å². The summed E-state index contributed by atoms with van der Waals surface area (Å²) in [4.78, 5) is 13.4. The van der Waals surface area contributed by atoms with E-state index < -0.39 is 0 Å². The van der Waals surface area contributed by atoms with Crippen molar-refractivity contribution >= 4 is 16.9 Å². The largest absolute Gasteiger partial charge is 0.448 e. The van der Waals surface area contributed by atoms with Gasteiger partial charge in [-0.15, -0.1) is 0 Å². The summed E-state index contributed by atoms with van der Waals surface area (Å²) in [6.45, 7) is 4.90. The quantitative estimate of drug-likeness (QED) is 0.431. The molecule has 5 aromatic rings. The standard InChI is InChI=1S/C24H21N7O2/c1-14-8-17(9-19-21(14)27-12-33-19)20-22(16-6-4-3-5-7-16)28-24(25)31-13-30(29-23(20)31)10-18-15(2)32-11-26-18/h3-9,11-12,25,29H,10,13H2,1-2H3. The summed E-state index contributed by atoms with van der Waals surface area (Å²) >= 11 is 0. The Morgan fingerprint density at radius 1 is 1.03 bits per heavy atom. The molecule has 4 heterocycles. The summed E-state index contributed by atoms with van der Waals surface area (Å²) in [6.07, 6.45) is 2.91. The van der Waals surface area contributed by atoms with E-state index in [1.165, 1.54) is 12.8 Å². The molecule has 1 aliphatic heterocycles. The van der Waals surface area contributed by atoms with Crippen LogP contribution in [0.2, 0.25) is 0 Å². The fourth-order valence-electron chi connectivity index (χ4n) is 4.30. The lowest BCUT2D eigenvalue weighted by molar-refractivity contribution is 0.285. The highest BCUT2D eigenvalue weighted by molar-refractivity contribution is 5.92. The van der Waals surface area contributed by atoms with Gasteiger partial charge in [0, 0.05) is 5.56 Å². The summed E-state index contributed by atoms with van der Waals surface area (Å²) in [5, 5.41) is 10.7. The van der Waals surface area contributed by atoms with Crippen LogP contribution in [0.3, 0.4) is 0 Å². The number of nitrogens with zero attached hydrogens (tertiary/aromatic N) is 5. The molecule has 0 aliphatic carbocycles. The van der Waals surface area contributed by atoms with Crippen LogP contribution < -0.4 is 11.0 Å². The summed E-state index contributed by atoms with van der Waals surface area (Å²) < 4.78 is 12.8. The van der Waals surface area contributed by atoms with Crippen molar-refractivity contribution in [2.24, 2.45) is 0 Å². The molecular formula is C24H21N7O2. The highest BCUT2D eigenvalue weighted by atomic mass is 16.3. The number of rotatable bonds is 4. The van der Waals surface area contributed by atoms with Gasteiger partial charge < -0.3 is 14.3 Å². The highest BCUT2D eigenvalue weighted by Gasteiger charge is 2.27. The van der Waals surface area contributed by atoms with Gasteiger partial charge in [0.1, 0.15) is 17.1 Å². The van der Waals surface area contributed by atoms with Crippen molar-refractivity contribution in [3.05, 3.63) is 77.9 Å². The molecule has 6 rings (SSSR count). The number of nitrogens with one attached hydrogen (secondary N) is 2. The molecule has 9 heteroatoms. The van der Waals surface area contributed by atoms with E-state index in [0.29, 0.717) is 18.8 Å². The minimum absolute atomic E-state index is 0.178. The van der Waals surface area contributed by atoms with Crippen molar-refractivity contribution in [3.8, 4) is 22.4 Å². The second-order valence-electron chi connectivity index (χ2n) is 8.10. The molecule has 9 nitrogen and oxygen atoms in total. The Morgan fingerprint density at radius 2 is 1.85 bits per heavy atom. The molecule has 3 aromatic heterocycles. The maximum Gasteiger partial charge on any atom is 0.225 e. The third kappa shape index (κ3) is 3.21. The molecule has 0 saturated carbocycles. The minimum atomic E-state index is 0.178. The normalized spacial score (nSPS) is 13.4. The number of aromatic nitrogens is 4. The van der Waals surface area contributed by atoms with Crippen molar-refractivity contribution in [1.82, 2.24) is 24.5 Å². The maximum absolute atomic E-state index is 8.65. The molecule has 0 unspecified atom stereocenters. The van der Waals surface area contributed by atoms with Crippen LogP contribution in [0, 0.1) is 19.3 Å². The van der Waals surface area contributed by atoms with Crippen LogP contribution in [0.4, 0.5) is 5.82 Å². The molecule has 2 N–H and O–H groups in total. The molecule has 0 amide bonds. The van der Waals surface area contributed by atoms with Crippen molar-refractivity contribution < 1.29 is 8.83 Å². The molecular weight excluding hydrogens is 418 g/mol. The van der Waals surface area contributed by atoms with E-state index in [9.17, 15) is 0 Å². The third-order valence-corrected chi connectivity index (χ3v) is 5.94. The highest BCUT2D eigenvalue weighted by Crippen LogP contribution is 2.39. The van der Waals surface area contributed by atoms with Crippen LogP contribution in [-0.2, 0) is 13.2 Å². The van der Waals surface area contributed by atoms with E-state index >= 15 is 0 Å². The zero-order chi connectivity index (χ0) is 22.5. The first-order valence-electron chi connectivity index (χ1n) is 10.6. The zero-order valence-corrected chi connectivity index (χ0v) is 18.2.